The number of rotatable bonds is 3. The molecule has 0 heterocycles. The van der Waals surface area contributed by atoms with Crippen molar-refractivity contribution in [1.29, 1.82) is 0 Å². The third-order valence-electron chi connectivity index (χ3n) is 4.36. The maximum Gasteiger partial charge on any atom is 0.0358 e. The Balaban J connectivity index is 1.79. The van der Waals surface area contributed by atoms with Gasteiger partial charge in [0.25, 0.3) is 0 Å². The van der Waals surface area contributed by atoms with E-state index in [0.29, 0.717) is 5.92 Å². The Morgan fingerprint density at radius 3 is 1.45 bits per heavy atom. The van der Waals surface area contributed by atoms with Crippen molar-refractivity contribution < 1.29 is 0 Å². The van der Waals surface area contributed by atoms with Gasteiger partial charge in [-0.2, -0.15) is 0 Å². The first-order valence-corrected chi connectivity index (χ1v) is 7.76. The van der Waals surface area contributed by atoms with Gasteiger partial charge in [0, 0.05) is 5.92 Å². The van der Waals surface area contributed by atoms with Crippen molar-refractivity contribution in [3.05, 3.63) is 107 Å². The second-order valence-electron chi connectivity index (χ2n) is 5.90. The van der Waals surface area contributed by atoms with Gasteiger partial charge < -0.3 is 0 Å². The highest BCUT2D eigenvalue weighted by Crippen LogP contribution is 2.59. The van der Waals surface area contributed by atoms with E-state index in [0.717, 1.165) is 0 Å². The minimum atomic E-state index is 0.436. The third-order valence-corrected chi connectivity index (χ3v) is 4.36. The topological polar surface area (TPSA) is 0 Å². The SMILES string of the molecule is Cc1ccc(C2C(c3ccccc3)=C2c2ccccc2)cc1. The molecule has 0 unspecified atom stereocenters. The average Bonchev–Trinajstić information content (AvgIpc) is 3.33. The van der Waals surface area contributed by atoms with Crippen LogP contribution in [0.2, 0.25) is 0 Å². The normalized spacial score (nSPS) is 14.2. The van der Waals surface area contributed by atoms with Gasteiger partial charge in [-0.1, -0.05) is 90.5 Å². The molecule has 4 rings (SSSR count). The molecule has 0 aliphatic heterocycles. The molecular weight excluding hydrogens is 264 g/mol. The molecule has 0 radical (unpaired) electrons. The fraction of sp³-hybridized carbons (Fsp3) is 0.0909. The standard InChI is InChI=1S/C22H18/c1-16-12-14-19(15-13-16)22-20(17-8-4-2-5-9-17)21(22)18-10-6-3-7-11-18/h2-15,22H,1H3. The van der Waals surface area contributed by atoms with Crippen molar-refractivity contribution in [1.82, 2.24) is 0 Å². The van der Waals surface area contributed by atoms with Crippen molar-refractivity contribution in [2.24, 2.45) is 0 Å². The van der Waals surface area contributed by atoms with Crippen LogP contribution < -0.4 is 0 Å². The smallest absolute Gasteiger partial charge is 0.0358 e. The van der Waals surface area contributed by atoms with E-state index in [-0.39, 0.29) is 0 Å². The Kier molecular flexibility index (Phi) is 3.16. The van der Waals surface area contributed by atoms with E-state index in [9.17, 15) is 0 Å². The molecule has 0 N–H and O–H groups in total. The Morgan fingerprint density at radius 1 is 0.545 bits per heavy atom. The van der Waals surface area contributed by atoms with Gasteiger partial charge >= 0.3 is 0 Å². The van der Waals surface area contributed by atoms with Gasteiger partial charge in [0.2, 0.25) is 0 Å². The molecular formula is C22H18. The van der Waals surface area contributed by atoms with E-state index in [1.807, 2.05) is 0 Å². The van der Waals surface area contributed by atoms with E-state index in [4.69, 9.17) is 0 Å². The summed E-state index contributed by atoms with van der Waals surface area (Å²) in [5.41, 5.74) is 8.32. The molecule has 0 bridgehead atoms. The minimum Gasteiger partial charge on any atom is -0.0622 e. The number of aryl methyl sites for hydroxylation is 1. The van der Waals surface area contributed by atoms with Crippen LogP contribution in [0.1, 0.15) is 28.2 Å². The molecule has 1 aliphatic rings. The van der Waals surface area contributed by atoms with Crippen LogP contribution in [0, 0.1) is 6.92 Å². The molecule has 3 aromatic rings. The van der Waals surface area contributed by atoms with Crippen LogP contribution in [-0.4, -0.2) is 0 Å². The summed E-state index contributed by atoms with van der Waals surface area (Å²) in [6.45, 7) is 2.14. The monoisotopic (exact) mass is 282 g/mol. The Bertz CT molecular complexity index is 759. The molecule has 0 nitrogen and oxygen atoms in total. The van der Waals surface area contributed by atoms with E-state index in [1.165, 1.54) is 33.4 Å². The summed E-state index contributed by atoms with van der Waals surface area (Å²) in [5.74, 6) is 0.436. The van der Waals surface area contributed by atoms with E-state index >= 15 is 0 Å². The highest BCUT2D eigenvalue weighted by molar-refractivity contribution is 6.14. The lowest BCUT2D eigenvalue weighted by molar-refractivity contribution is 1.23. The number of hydrogen-bond donors (Lipinski definition) is 0. The van der Waals surface area contributed by atoms with Crippen molar-refractivity contribution in [3.63, 3.8) is 0 Å². The van der Waals surface area contributed by atoms with Crippen LogP contribution in [0.3, 0.4) is 0 Å². The fourth-order valence-corrected chi connectivity index (χ4v) is 3.19. The second-order valence-corrected chi connectivity index (χ2v) is 5.90. The van der Waals surface area contributed by atoms with Gasteiger partial charge in [0.05, 0.1) is 0 Å². The molecule has 3 aromatic carbocycles. The first-order chi connectivity index (χ1) is 10.8. The van der Waals surface area contributed by atoms with Crippen LogP contribution in [0.25, 0.3) is 11.1 Å². The lowest BCUT2D eigenvalue weighted by Gasteiger charge is -2.04. The molecule has 0 fully saturated rings. The van der Waals surface area contributed by atoms with Gasteiger partial charge in [0.1, 0.15) is 0 Å². The van der Waals surface area contributed by atoms with Gasteiger partial charge in [-0.15, -0.1) is 0 Å². The number of allylic oxidation sites excluding steroid dienone is 2. The first-order valence-electron chi connectivity index (χ1n) is 7.76. The molecule has 0 saturated heterocycles. The molecule has 1 aliphatic carbocycles. The second kappa shape index (κ2) is 5.31. The third kappa shape index (κ3) is 2.27. The molecule has 0 spiro atoms. The summed E-state index contributed by atoms with van der Waals surface area (Å²) in [4.78, 5) is 0. The Hall–Kier alpha value is -2.60. The molecule has 106 valence electrons. The number of hydrogen-bond acceptors (Lipinski definition) is 0. The van der Waals surface area contributed by atoms with Crippen molar-refractivity contribution in [2.75, 3.05) is 0 Å². The molecule has 0 heteroatoms. The van der Waals surface area contributed by atoms with Crippen molar-refractivity contribution >= 4 is 11.1 Å². The maximum absolute atomic E-state index is 2.26. The summed E-state index contributed by atoms with van der Waals surface area (Å²) in [5, 5.41) is 0. The highest BCUT2D eigenvalue weighted by atomic mass is 14.4. The zero-order chi connectivity index (χ0) is 14.9. The van der Waals surface area contributed by atoms with Crippen LogP contribution in [-0.2, 0) is 0 Å². The molecule has 0 saturated carbocycles. The largest absolute Gasteiger partial charge is 0.0622 e. The summed E-state index contributed by atoms with van der Waals surface area (Å²) in [6.07, 6.45) is 0. The molecule has 0 amide bonds. The zero-order valence-corrected chi connectivity index (χ0v) is 12.7. The van der Waals surface area contributed by atoms with Crippen LogP contribution in [0.4, 0.5) is 0 Å². The maximum atomic E-state index is 2.26. The van der Waals surface area contributed by atoms with Gasteiger partial charge in [-0.05, 0) is 34.8 Å². The Labute approximate surface area is 131 Å². The summed E-state index contributed by atoms with van der Waals surface area (Å²) in [7, 11) is 0. The quantitative estimate of drug-likeness (QED) is 0.577. The van der Waals surface area contributed by atoms with Gasteiger partial charge in [-0.3, -0.25) is 0 Å². The summed E-state index contributed by atoms with van der Waals surface area (Å²) < 4.78 is 0. The minimum absolute atomic E-state index is 0.436. The van der Waals surface area contributed by atoms with E-state index in [1.54, 1.807) is 0 Å². The van der Waals surface area contributed by atoms with Crippen LogP contribution in [0.5, 0.6) is 0 Å². The van der Waals surface area contributed by atoms with Crippen molar-refractivity contribution in [2.45, 2.75) is 12.8 Å². The molecule has 0 aromatic heterocycles. The van der Waals surface area contributed by atoms with Crippen molar-refractivity contribution in [3.8, 4) is 0 Å². The lowest BCUT2D eigenvalue weighted by atomic mass is 10.00. The predicted octanol–water partition coefficient (Wildman–Crippen LogP) is 5.70. The highest BCUT2D eigenvalue weighted by Gasteiger charge is 2.39. The number of benzene rings is 3. The predicted molar refractivity (Wildman–Crippen MR) is 93.6 cm³/mol. The Morgan fingerprint density at radius 2 is 1.00 bits per heavy atom. The average molecular weight is 282 g/mol. The fourth-order valence-electron chi connectivity index (χ4n) is 3.19. The van der Waals surface area contributed by atoms with Crippen LogP contribution in [0.15, 0.2) is 84.9 Å². The first kappa shape index (κ1) is 13.1. The summed E-state index contributed by atoms with van der Waals surface area (Å²) >= 11 is 0. The van der Waals surface area contributed by atoms with Gasteiger partial charge in [-0.25, -0.2) is 0 Å². The lowest BCUT2D eigenvalue weighted by Crippen LogP contribution is -1.86. The van der Waals surface area contributed by atoms with E-state index in [2.05, 4.69) is 91.9 Å². The van der Waals surface area contributed by atoms with E-state index < -0.39 is 0 Å². The van der Waals surface area contributed by atoms with Gasteiger partial charge in [0.15, 0.2) is 0 Å². The van der Waals surface area contributed by atoms with Crippen LogP contribution >= 0.6 is 0 Å². The molecule has 0 atom stereocenters. The summed E-state index contributed by atoms with van der Waals surface area (Å²) in [6, 6.07) is 30.4. The zero-order valence-electron chi connectivity index (χ0n) is 12.7. The molecule has 22 heavy (non-hydrogen) atoms.